The molecular formula is C16H24N2O. The maximum absolute atomic E-state index is 12.1. The topological polar surface area (TPSA) is 55.1 Å². The summed E-state index contributed by atoms with van der Waals surface area (Å²) in [4.78, 5) is 12.1. The van der Waals surface area contributed by atoms with Crippen LogP contribution in [0.4, 0.5) is 0 Å². The summed E-state index contributed by atoms with van der Waals surface area (Å²) in [7, 11) is 0. The van der Waals surface area contributed by atoms with Crippen molar-refractivity contribution < 1.29 is 4.79 Å². The van der Waals surface area contributed by atoms with Gasteiger partial charge in [-0.1, -0.05) is 44.2 Å². The highest BCUT2D eigenvalue weighted by Gasteiger charge is 2.28. The number of nitrogens with two attached hydrogens (primary N) is 1. The summed E-state index contributed by atoms with van der Waals surface area (Å²) in [6, 6.07) is 9.27. The van der Waals surface area contributed by atoms with Crippen LogP contribution in [-0.4, -0.2) is 11.9 Å². The van der Waals surface area contributed by atoms with Gasteiger partial charge in [-0.15, -0.1) is 0 Å². The maximum atomic E-state index is 12.1. The van der Waals surface area contributed by atoms with Crippen molar-refractivity contribution in [1.29, 1.82) is 0 Å². The van der Waals surface area contributed by atoms with Gasteiger partial charge in [0.25, 0.3) is 0 Å². The number of carbonyl (C=O) groups excluding carboxylic acids is 1. The molecule has 1 aromatic rings. The minimum absolute atomic E-state index is 0.0593. The molecule has 2 rings (SSSR count). The van der Waals surface area contributed by atoms with Crippen LogP contribution in [0, 0.1) is 5.41 Å². The van der Waals surface area contributed by atoms with Gasteiger partial charge in [0.15, 0.2) is 0 Å². The molecule has 104 valence electrons. The molecule has 0 unspecified atom stereocenters. The standard InChI is InChI=1S/C16H24N2O/c1-16(2)10-8-13(9-11-16)18-15(19)14(17)12-6-4-3-5-7-12/h3-7,13-14H,8-11,17H2,1-2H3,(H,18,19)/t14-/m0/s1. The molecule has 0 spiro atoms. The van der Waals surface area contributed by atoms with E-state index in [9.17, 15) is 4.79 Å². The number of hydrogen-bond donors (Lipinski definition) is 2. The first-order valence-electron chi connectivity index (χ1n) is 7.09. The predicted molar refractivity (Wildman–Crippen MR) is 77.6 cm³/mol. The van der Waals surface area contributed by atoms with Crippen molar-refractivity contribution in [1.82, 2.24) is 5.32 Å². The van der Waals surface area contributed by atoms with E-state index in [1.807, 2.05) is 30.3 Å². The summed E-state index contributed by atoms with van der Waals surface area (Å²) in [6.45, 7) is 4.58. The number of nitrogens with one attached hydrogen (secondary N) is 1. The third-order valence-electron chi connectivity index (χ3n) is 4.13. The van der Waals surface area contributed by atoms with Gasteiger partial charge in [0.05, 0.1) is 0 Å². The van der Waals surface area contributed by atoms with Crippen LogP contribution in [0.25, 0.3) is 0 Å². The minimum Gasteiger partial charge on any atom is -0.352 e. The maximum Gasteiger partial charge on any atom is 0.241 e. The smallest absolute Gasteiger partial charge is 0.241 e. The molecule has 1 saturated carbocycles. The third-order valence-corrected chi connectivity index (χ3v) is 4.13. The fourth-order valence-electron chi connectivity index (χ4n) is 2.65. The first kappa shape index (κ1) is 14.1. The molecule has 0 aromatic heterocycles. The Kier molecular flexibility index (Phi) is 4.25. The number of carbonyl (C=O) groups is 1. The van der Waals surface area contributed by atoms with Crippen molar-refractivity contribution in [3.8, 4) is 0 Å². The van der Waals surface area contributed by atoms with Crippen LogP contribution < -0.4 is 11.1 Å². The first-order chi connectivity index (χ1) is 8.98. The summed E-state index contributed by atoms with van der Waals surface area (Å²) in [5, 5.41) is 3.09. The van der Waals surface area contributed by atoms with Crippen LogP contribution >= 0.6 is 0 Å². The zero-order chi connectivity index (χ0) is 13.9. The summed E-state index contributed by atoms with van der Waals surface area (Å²) >= 11 is 0. The van der Waals surface area contributed by atoms with Crippen molar-refractivity contribution >= 4 is 5.91 Å². The second kappa shape index (κ2) is 5.74. The average Bonchev–Trinajstić information content (AvgIpc) is 2.41. The van der Waals surface area contributed by atoms with E-state index in [2.05, 4.69) is 19.2 Å². The Labute approximate surface area is 115 Å². The van der Waals surface area contributed by atoms with E-state index in [4.69, 9.17) is 5.73 Å². The molecule has 0 radical (unpaired) electrons. The SMILES string of the molecule is CC1(C)CCC(NC(=O)[C@@H](N)c2ccccc2)CC1. The van der Waals surface area contributed by atoms with Crippen molar-refractivity contribution in [2.24, 2.45) is 11.1 Å². The van der Waals surface area contributed by atoms with Crippen molar-refractivity contribution in [2.45, 2.75) is 51.6 Å². The summed E-state index contributed by atoms with van der Waals surface area (Å²) in [5.41, 5.74) is 7.29. The molecule has 0 bridgehead atoms. The summed E-state index contributed by atoms with van der Waals surface area (Å²) in [6.07, 6.45) is 4.44. The molecule has 3 N–H and O–H groups in total. The molecule has 19 heavy (non-hydrogen) atoms. The summed E-state index contributed by atoms with van der Waals surface area (Å²) < 4.78 is 0. The fourth-order valence-corrected chi connectivity index (χ4v) is 2.65. The Balaban J connectivity index is 1.88. The molecule has 1 aliphatic carbocycles. The van der Waals surface area contributed by atoms with Gasteiger partial charge in [0.2, 0.25) is 5.91 Å². The van der Waals surface area contributed by atoms with E-state index < -0.39 is 6.04 Å². The van der Waals surface area contributed by atoms with Crippen LogP contribution in [0.3, 0.4) is 0 Å². The number of hydrogen-bond acceptors (Lipinski definition) is 2. The second-order valence-corrected chi connectivity index (χ2v) is 6.34. The highest BCUT2D eigenvalue weighted by Crippen LogP contribution is 2.35. The molecule has 0 heterocycles. The summed E-state index contributed by atoms with van der Waals surface area (Å²) in [5.74, 6) is -0.0593. The molecule has 1 fully saturated rings. The van der Waals surface area contributed by atoms with Gasteiger partial charge in [0.1, 0.15) is 6.04 Å². The Hall–Kier alpha value is -1.35. The lowest BCUT2D eigenvalue weighted by Gasteiger charge is -2.35. The van der Waals surface area contributed by atoms with Gasteiger partial charge >= 0.3 is 0 Å². The molecule has 0 aliphatic heterocycles. The Bertz CT molecular complexity index is 418. The van der Waals surface area contributed by atoms with Gasteiger partial charge in [-0.25, -0.2) is 0 Å². The van der Waals surface area contributed by atoms with E-state index in [1.54, 1.807) is 0 Å². The van der Waals surface area contributed by atoms with Crippen LogP contribution in [0.1, 0.15) is 51.1 Å². The monoisotopic (exact) mass is 260 g/mol. The third kappa shape index (κ3) is 3.80. The molecule has 1 atom stereocenters. The average molecular weight is 260 g/mol. The molecule has 1 aliphatic rings. The van der Waals surface area contributed by atoms with Crippen LogP contribution in [0.2, 0.25) is 0 Å². The lowest BCUT2D eigenvalue weighted by molar-refractivity contribution is -0.123. The number of rotatable bonds is 3. The second-order valence-electron chi connectivity index (χ2n) is 6.34. The largest absolute Gasteiger partial charge is 0.352 e. The van der Waals surface area contributed by atoms with Crippen LogP contribution in [0.15, 0.2) is 30.3 Å². The lowest BCUT2D eigenvalue weighted by Crippen LogP contribution is -2.43. The normalized spacial score (nSPS) is 20.8. The molecule has 0 saturated heterocycles. The first-order valence-corrected chi connectivity index (χ1v) is 7.09. The van der Waals surface area contributed by atoms with Gasteiger partial charge < -0.3 is 11.1 Å². The zero-order valence-electron chi connectivity index (χ0n) is 11.9. The van der Waals surface area contributed by atoms with E-state index >= 15 is 0 Å². The van der Waals surface area contributed by atoms with Crippen molar-refractivity contribution in [3.63, 3.8) is 0 Å². The molecule has 3 heteroatoms. The van der Waals surface area contributed by atoms with Gasteiger partial charge in [-0.05, 0) is 36.7 Å². The highest BCUT2D eigenvalue weighted by atomic mass is 16.2. The molecule has 1 aromatic carbocycles. The zero-order valence-corrected chi connectivity index (χ0v) is 11.9. The predicted octanol–water partition coefficient (Wildman–Crippen LogP) is 2.77. The lowest BCUT2D eigenvalue weighted by atomic mass is 9.75. The fraction of sp³-hybridized carbons (Fsp3) is 0.562. The molecule has 3 nitrogen and oxygen atoms in total. The quantitative estimate of drug-likeness (QED) is 0.878. The Morgan fingerprint density at radius 2 is 1.84 bits per heavy atom. The van der Waals surface area contributed by atoms with E-state index in [0.29, 0.717) is 5.41 Å². The number of amides is 1. The van der Waals surface area contributed by atoms with Gasteiger partial charge in [0, 0.05) is 6.04 Å². The number of benzene rings is 1. The van der Waals surface area contributed by atoms with Crippen LogP contribution in [-0.2, 0) is 4.79 Å². The Morgan fingerprint density at radius 1 is 1.26 bits per heavy atom. The molecular weight excluding hydrogens is 236 g/mol. The molecule has 1 amide bonds. The van der Waals surface area contributed by atoms with Gasteiger partial charge in [-0.2, -0.15) is 0 Å². The van der Waals surface area contributed by atoms with Crippen molar-refractivity contribution in [2.75, 3.05) is 0 Å². The Morgan fingerprint density at radius 3 is 2.42 bits per heavy atom. The van der Waals surface area contributed by atoms with Crippen molar-refractivity contribution in [3.05, 3.63) is 35.9 Å². The minimum atomic E-state index is -0.559. The van der Waals surface area contributed by atoms with E-state index in [-0.39, 0.29) is 11.9 Å². The highest BCUT2D eigenvalue weighted by molar-refractivity contribution is 5.83. The van der Waals surface area contributed by atoms with E-state index in [1.165, 1.54) is 12.8 Å². The van der Waals surface area contributed by atoms with E-state index in [0.717, 1.165) is 18.4 Å². The van der Waals surface area contributed by atoms with Gasteiger partial charge in [-0.3, -0.25) is 4.79 Å². The van der Waals surface area contributed by atoms with Crippen LogP contribution in [0.5, 0.6) is 0 Å².